The molecule has 2 aliphatic heterocycles. The number of esters is 1. The SMILES string of the molecule is CCOC(=O)C1CCCN(C(C)C(=O)Nc2ccc(S(=O)(=O)N3CCCCC3)cc2)C1. The van der Waals surface area contributed by atoms with Crippen LogP contribution in [0.4, 0.5) is 5.69 Å². The molecule has 0 aliphatic carbocycles. The number of nitrogens with zero attached hydrogens (tertiary/aromatic N) is 2. The number of hydrogen-bond donors (Lipinski definition) is 1. The van der Waals surface area contributed by atoms with Gasteiger partial charge >= 0.3 is 5.97 Å². The summed E-state index contributed by atoms with van der Waals surface area (Å²) in [4.78, 5) is 27.0. The van der Waals surface area contributed by atoms with Crippen LogP contribution >= 0.6 is 0 Å². The molecule has 2 saturated heterocycles. The molecule has 8 nitrogen and oxygen atoms in total. The van der Waals surface area contributed by atoms with E-state index in [0.717, 1.165) is 38.6 Å². The standard InChI is InChI=1S/C22H33N3O5S/c1-3-30-22(27)18-8-7-13-24(16-18)17(2)21(26)23-19-9-11-20(12-10-19)31(28,29)25-14-5-4-6-15-25/h9-12,17-18H,3-8,13-16H2,1-2H3,(H,23,26). The number of piperidine rings is 2. The molecule has 0 aromatic heterocycles. The summed E-state index contributed by atoms with van der Waals surface area (Å²) >= 11 is 0. The summed E-state index contributed by atoms with van der Waals surface area (Å²) in [5, 5.41) is 2.86. The molecular weight excluding hydrogens is 418 g/mol. The Morgan fingerprint density at radius 1 is 1.10 bits per heavy atom. The van der Waals surface area contributed by atoms with E-state index in [9.17, 15) is 18.0 Å². The first-order valence-corrected chi connectivity index (χ1v) is 12.6. The van der Waals surface area contributed by atoms with Crippen molar-refractivity contribution in [2.24, 2.45) is 5.92 Å². The van der Waals surface area contributed by atoms with E-state index in [1.165, 1.54) is 4.31 Å². The van der Waals surface area contributed by atoms with Crippen LogP contribution in [0.5, 0.6) is 0 Å². The molecule has 1 aromatic rings. The molecule has 2 aliphatic rings. The second kappa shape index (κ2) is 10.6. The minimum Gasteiger partial charge on any atom is -0.466 e. The third kappa shape index (κ3) is 5.84. The molecule has 0 saturated carbocycles. The Hall–Kier alpha value is -1.97. The minimum absolute atomic E-state index is 0.184. The van der Waals surface area contributed by atoms with E-state index in [1.807, 2.05) is 11.8 Å². The van der Waals surface area contributed by atoms with Crippen molar-refractivity contribution in [3.63, 3.8) is 0 Å². The topological polar surface area (TPSA) is 96.0 Å². The number of ether oxygens (including phenoxy) is 1. The van der Waals surface area contributed by atoms with Crippen LogP contribution in [0.1, 0.15) is 46.0 Å². The maximum atomic E-state index is 12.8. The quantitative estimate of drug-likeness (QED) is 0.640. The number of benzene rings is 1. The lowest BCUT2D eigenvalue weighted by atomic mass is 9.97. The lowest BCUT2D eigenvalue weighted by Gasteiger charge is -2.35. The highest BCUT2D eigenvalue weighted by molar-refractivity contribution is 7.89. The average molecular weight is 452 g/mol. The van der Waals surface area contributed by atoms with Gasteiger partial charge in [0, 0.05) is 25.3 Å². The Kier molecular flexibility index (Phi) is 8.07. The first-order chi connectivity index (χ1) is 14.8. The maximum absolute atomic E-state index is 12.8. The Morgan fingerprint density at radius 2 is 1.77 bits per heavy atom. The summed E-state index contributed by atoms with van der Waals surface area (Å²) in [5.41, 5.74) is 0.549. The highest BCUT2D eigenvalue weighted by Crippen LogP contribution is 2.23. The molecule has 3 rings (SSSR count). The van der Waals surface area contributed by atoms with E-state index in [4.69, 9.17) is 4.74 Å². The zero-order valence-corrected chi connectivity index (χ0v) is 19.2. The molecule has 1 amide bonds. The maximum Gasteiger partial charge on any atom is 0.310 e. The van der Waals surface area contributed by atoms with Gasteiger partial charge in [0.1, 0.15) is 0 Å². The number of rotatable bonds is 7. The predicted octanol–water partition coefficient (Wildman–Crippen LogP) is 2.46. The van der Waals surface area contributed by atoms with Gasteiger partial charge in [-0.05, 0) is 70.3 Å². The van der Waals surface area contributed by atoms with Gasteiger partial charge in [0.2, 0.25) is 15.9 Å². The molecule has 2 fully saturated rings. The fraction of sp³-hybridized carbons (Fsp3) is 0.636. The van der Waals surface area contributed by atoms with Crippen LogP contribution in [0.25, 0.3) is 0 Å². The number of hydrogen-bond acceptors (Lipinski definition) is 6. The van der Waals surface area contributed by atoms with Crippen molar-refractivity contribution in [1.82, 2.24) is 9.21 Å². The second-order valence-electron chi connectivity index (χ2n) is 8.24. The van der Waals surface area contributed by atoms with Crippen LogP contribution in [-0.2, 0) is 24.3 Å². The third-order valence-electron chi connectivity index (χ3n) is 6.07. The van der Waals surface area contributed by atoms with Gasteiger partial charge in [-0.15, -0.1) is 0 Å². The van der Waals surface area contributed by atoms with Crippen LogP contribution < -0.4 is 5.32 Å². The van der Waals surface area contributed by atoms with E-state index in [0.29, 0.717) is 31.9 Å². The van der Waals surface area contributed by atoms with Gasteiger partial charge in [0.05, 0.1) is 23.5 Å². The fourth-order valence-corrected chi connectivity index (χ4v) is 5.70. The van der Waals surface area contributed by atoms with Crippen molar-refractivity contribution in [2.75, 3.05) is 38.1 Å². The Balaban J connectivity index is 1.59. The Morgan fingerprint density at radius 3 is 2.42 bits per heavy atom. The van der Waals surface area contributed by atoms with E-state index in [-0.39, 0.29) is 22.7 Å². The normalized spacial score (nSPS) is 21.9. The van der Waals surface area contributed by atoms with Gasteiger partial charge in [-0.1, -0.05) is 6.42 Å². The van der Waals surface area contributed by atoms with Gasteiger partial charge in [-0.25, -0.2) is 8.42 Å². The molecule has 0 spiro atoms. The predicted molar refractivity (Wildman–Crippen MR) is 118 cm³/mol. The lowest BCUT2D eigenvalue weighted by molar-refractivity contribution is -0.150. The highest BCUT2D eigenvalue weighted by atomic mass is 32.2. The fourth-order valence-electron chi connectivity index (χ4n) is 4.19. The largest absolute Gasteiger partial charge is 0.466 e. The molecular formula is C22H33N3O5S. The molecule has 9 heteroatoms. The van der Waals surface area contributed by atoms with Crippen molar-refractivity contribution < 1.29 is 22.7 Å². The Labute approximate surface area is 185 Å². The van der Waals surface area contributed by atoms with Crippen LogP contribution in [0.15, 0.2) is 29.2 Å². The van der Waals surface area contributed by atoms with Gasteiger partial charge in [0.15, 0.2) is 0 Å². The monoisotopic (exact) mass is 451 g/mol. The first kappa shape index (κ1) is 23.7. The zero-order chi connectivity index (χ0) is 22.4. The number of anilines is 1. The number of carbonyl (C=O) groups excluding carboxylic acids is 2. The smallest absolute Gasteiger partial charge is 0.310 e. The van der Waals surface area contributed by atoms with Crippen LogP contribution in [-0.4, -0.2) is 68.3 Å². The summed E-state index contributed by atoms with van der Waals surface area (Å²) in [6.07, 6.45) is 4.45. The van der Waals surface area contributed by atoms with Gasteiger partial charge in [-0.3, -0.25) is 14.5 Å². The third-order valence-corrected chi connectivity index (χ3v) is 7.99. The zero-order valence-electron chi connectivity index (χ0n) is 18.4. The number of sulfonamides is 1. The molecule has 2 atom stereocenters. The van der Waals surface area contributed by atoms with Crippen molar-refractivity contribution in [2.45, 2.75) is 56.9 Å². The summed E-state index contributed by atoms with van der Waals surface area (Å²) in [7, 11) is -3.49. The summed E-state index contributed by atoms with van der Waals surface area (Å²) in [5.74, 6) is -0.593. The lowest BCUT2D eigenvalue weighted by Crippen LogP contribution is -2.48. The molecule has 2 unspecified atom stereocenters. The van der Waals surface area contributed by atoms with Crippen LogP contribution in [0.2, 0.25) is 0 Å². The van der Waals surface area contributed by atoms with Crippen molar-refractivity contribution in [3.05, 3.63) is 24.3 Å². The molecule has 31 heavy (non-hydrogen) atoms. The summed E-state index contributed by atoms with van der Waals surface area (Å²) in [6, 6.07) is 5.93. The molecule has 0 radical (unpaired) electrons. The molecule has 1 aromatic carbocycles. The van der Waals surface area contributed by atoms with E-state index in [2.05, 4.69) is 5.32 Å². The summed E-state index contributed by atoms with van der Waals surface area (Å²) in [6.45, 7) is 6.32. The van der Waals surface area contributed by atoms with E-state index < -0.39 is 16.1 Å². The molecule has 2 heterocycles. The van der Waals surface area contributed by atoms with Gasteiger partial charge in [0.25, 0.3) is 0 Å². The average Bonchev–Trinajstić information content (AvgIpc) is 2.79. The number of likely N-dealkylation sites (tertiary alicyclic amines) is 1. The Bertz CT molecular complexity index is 866. The molecule has 172 valence electrons. The van der Waals surface area contributed by atoms with Crippen LogP contribution in [0.3, 0.4) is 0 Å². The number of carbonyl (C=O) groups is 2. The van der Waals surface area contributed by atoms with Crippen molar-refractivity contribution in [1.29, 1.82) is 0 Å². The first-order valence-electron chi connectivity index (χ1n) is 11.1. The molecule has 0 bridgehead atoms. The van der Waals surface area contributed by atoms with Gasteiger partial charge < -0.3 is 10.1 Å². The molecule has 1 N–H and O–H groups in total. The van der Waals surface area contributed by atoms with E-state index in [1.54, 1.807) is 31.2 Å². The summed E-state index contributed by atoms with van der Waals surface area (Å²) < 4.78 is 32.2. The van der Waals surface area contributed by atoms with Crippen molar-refractivity contribution in [3.8, 4) is 0 Å². The van der Waals surface area contributed by atoms with Crippen LogP contribution in [0, 0.1) is 5.92 Å². The minimum atomic E-state index is -3.49. The van der Waals surface area contributed by atoms with Gasteiger partial charge in [-0.2, -0.15) is 4.31 Å². The van der Waals surface area contributed by atoms with E-state index >= 15 is 0 Å². The number of nitrogens with one attached hydrogen (secondary N) is 1. The van der Waals surface area contributed by atoms with Crippen molar-refractivity contribution >= 4 is 27.6 Å². The number of amides is 1. The second-order valence-corrected chi connectivity index (χ2v) is 10.2. The highest BCUT2D eigenvalue weighted by Gasteiger charge is 2.32.